The molecule has 0 heterocycles. The number of Topliss-reactive ketones (excluding diaryl/α,β-unsaturated/α-hetero) is 1. The predicted octanol–water partition coefficient (Wildman–Crippen LogP) is 4.26. The maximum Gasteiger partial charge on any atom is 0.257 e. The minimum atomic E-state index is -0.317. The maximum atomic E-state index is 12.2. The van der Waals surface area contributed by atoms with E-state index in [2.05, 4.69) is 40.4 Å². The van der Waals surface area contributed by atoms with E-state index in [-0.39, 0.29) is 41.4 Å². The summed E-state index contributed by atoms with van der Waals surface area (Å²) in [4.78, 5) is 25.8. The number of rotatable bonds is 9. The number of anilines is 1. The lowest BCUT2D eigenvalue weighted by atomic mass is 9.94. The van der Waals surface area contributed by atoms with Gasteiger partial charge in [-0.1, -0.05) is 49.7 Å². The normalized spacial score (nSPS) is 14.4. The number of phenols is 1. The van der Waals surface area contributed by atoms with E-state index in [9.17, 15) is 14.7 Å². The zero-order chi connectivity index (χ0) is 23.7. The van der Waals surface area contributed by atoms with Crippen LogP contribution in [-0.2, 0) is 9.53 Å². The minimum absolute atomic E-state index is 0.0674. The summed E-state index contributed by atoms with van der Waals surface area (Å²) >= 11 is 3.39. The van der Waals surface area contributed by atoms with Crippen molar-refractivity contribution in [3.63, 3.8) is 0 Å². The number of allylic oxidation sites excluding steroid dienone is 3. The van der Waals surface area contributed by atoms with Gasteiger partial charge in [-0.2, -0.15) is 0 Å². The Kier molecular flexibility index (Phi) is 10.6. The Morgan fingerprint density at radius 3 is 2.45 bits per heavy atom. The van der Waals surface area contributed by atoms with Gasteiger partial charge in [0.25, 0.3) is 5.91 Å². The van der Waals surface area contributed by atoms with Gasteiger partial charge in [0.2, 0.25) is 0 Å². The molecule has 2 rings (SSSR count). The molecule has 1 aliphatic carbocycles. The number of hydrogen-bond donors (Lipinski definition) is 3. The number of amides is 1. The van der Waals surface area contributed by atoms with Gasteiger partial charge in [0.15, 0.2) is 11.5 Å². The Balaban J connectivity index is 0.00000233. The van der Waals surface area contributed by atoms with Gasteiger partial charge in [-0.05, 0) is 24.1 Å². The first kappa shape index (κ1) is 26.6. The molecule has 0 radical (unpaired) electrons. The third-order valence-corrected chi connectivity index (χ3v) is 4.99. The molecular formula is C23H34BrN3O4. The van der Waals surface area contributed by atoms with Crippen LogP contribution in [0.1, 0.15) is 44.5 Å². The standard InChI is InChI=1S/C21H28BrN3O4.C2H6/c1-12(2)18(17(29-5)9-10-22)24-15-11-16(26)19(15)23-14-8-6-7-13(20(14)27)21(28)25(3)4;1-2/h6-9,12,18,23-24,27H,10-11H2,1-5H3;1-2H3/b17-9-;. The number of hydrogen-bond acceptors (Lipinski definition) is 6. The summed E-state index contributed by atoms with van der Waals surface area (Å²) in [5.74, 6) is 0.434. The largest absolute Gasteiger partial charge is 0.505 e. The SMILES string of the molecule is CC.CO/C(=C\CBr)C(NC1=C(Nc2cccc(C(=O)N(C)C)c2O)C(=O)C1)C(C)C. The molecule has 1 aromatic carbocycles. The van der Waals surface area contributed by atoms with Crippen LogP contribution in [0.25, 0.3) is 0 Å². The van der Waals surface area contributed by atoms with Crippen LogP contribution in [0.15, 0.2) is 41.4 Å². The molecule has 31 heavy (non-hydrogen) atoms. The first-order valence-corrected chi connectivity index (χ1v) is 11.5. The first-order valence-electron chi connectivity index (χ1n) is 10.3. The van der Waals surface area contributed by atoms with Crippen molar-refractivity contribution in [3.05, 3.63) is 47.0 Å². The fourth-order valence-electron chi connectivity index (χ4n) is 3.03. The van der Waals surface area contributed by atoms with Crippen LogP contribution in [0, 0.1) is 5.92 Å². The number of alkyl halides is 1. The number of benzene rings is 1. The molecule has 172 valence electrons. The summed E-state index contributed by atoms with van der Waals surface area (Å²) in [6.45, 7) is 8.13. The molecule has 1 unspecified atom stereocenters. The molecule has 0 spiro atoms. The third kappa shape index (κ3) is 6.50. The van der Waals surface area contributed by atoms with E-state index >= 15 is 0 Å². The molecule has 8 heteroatoms. The van der Waals surface area contributed by atoms with E-state index < -0.39 is 0 Å². The maximum absolute atomic E-state index is 12.2. The van der Waals surface area contributed by atoms with Crippen LogP contribution < -0.4 is 10.6 Å². The van der Waals surface area contributed by atoms with Crippen molar-refractivity contribution < 1.29 is 19.4 Å². The molecule has 0 aliphatic heterocycles. The summed E-state index contributed by atoms with van der Waals surface area (Å²) < 4.78 is 5.51. The average molecular weight is 496 g/mol. The van der Waals surface area contributed by atoms with Crippen molar-refractivity contribution in [2.24, 2.45) is 5.92 Å². The Morgan fingerprint density at radius 1 is 1.32 bits per heavy atom. The van der Waals surface area contributed by atoms with E-state index in [0.717, 1.165) is 11.5 Å². The van der Waals surface area contributed by atoms with Crippen LogP contribution >= 0.6 is 15.9 Å². The highest BCUT2D eigenvalue weighted by atomic mass is 79.9. The molecule has 0 bridgehead atoms. The van der Waals surface area contributed by atoms with Crippen molar-refractivity contribution in [1.82, 2.24) is 10.2 Å². The lowest BCUT2D eigenvalue weighted by Crippen LogP contribution is -2.42. The second-order valence-corrected chi connectivity index (χ2v) is 7.96. The average Bonchev–Trinajstić information content (AvgIpc) is 2.75. The number of para-hydroxylation sites is 1. The first-order chi connectivity index (χ1) is 14.7. The smallest absolute Gasteiger partial charge is 0.257 e. The Bertz CT molecular complexity index is 847. The monoisotopic (exact) mass is 495 g/mol. The van der Waals surface area contributed by atoms with Gasteiger partial charge in [-0.25, -0.2) is 0 Å². The molecule has 1 atom stereocenters. The summed E-state index contributed by atoms with van der Waals surface area (Å²) in [6, 6.07) is 4.73. The summed E-state index contributed by atoms with van der Waals surface area (Å²) in [5, 5.41) is 17.6. The molecule has 1 amide bonds. The topological polar surface area (TPSA) is 90.9 Å². The molecular weight excluding hydrogens is 462 g/mol. The van der Waals surface area contributed by atoms with Crippen molar-refractivity contribution in [3.8, 4) is 5.75 Å². The van der Waals surface area contributed by atoms with Crippen LogP contribution in [0.4, 0.5) is 5.69 Å². The number of aromatic hydroxyl groups is 1. The van der Waals surface area contributed by atoms with Crippen LogP contribution in [0.2, 0.25) is 0 Å². The second-order valence-electron chi connectivity index (χ2n) is 7.31. The lowest BCUT2D eigenvalue weighted by molar-refractivity contribution is -0.116. The Hall–Kier alpha value is -2.48. The quantitative estimate of drug-likeness (QED) is 0.269. The minimum Gasteiger partial charge on any atom is -0.505 e. The number of ketones is 1. The van der Waals surface area contributed by atoms with E-state index in [1.807, 2.05) is 19.9 Å². The molecule has 7 nitrogen and oxygen atoms in total. The van der Waals surface area contributed by atoms with Gasteiger partial charge in [-0.15, -0.1) is 0 Å². The molecule has 3 N–H and O–H groups in total. The van der Waals surface area contributed by atoms with E-state index in [0.29, 0.717) is 16.7 Å². The van der Waals surface area contributed by atoms with Crippen LogP contribution in [0.5, 0.6) is 5.75 Å². The number of halogens is 1. The van der Waals surface area contributed by atoms with Crippen LogP contribution in [-0.4, -0.2) is 54.3 Å². The van der Waals surface area contributed by atoms with E-state index in [4.69, 9.17) is 4.74 Å². The number of carbonyl (C=O) groups excluding carboxylic acids is 2. The van der Waals surface area contributed by atoms with E-state index in [1.54, 1.807) is 39.4 Å². The highest BCUT2D eigenvalue weighted by Gasteiger charge is 2.32. The predicted molar refractivity (Wildman–Crippen MR) is 128 cm³/mol. The van der Waals surface area contributed by atoms with Crippen LogP contribution in [0.3, 0.4) is 0 Å². The van der Waals surface area contributed by atoms with E-state index in [1.165, 1.54) is 4.90 Å². The number of carbonyl (C=O) groups is 2. The highest BCUT2D eigenvalue weighted by Crippen LogP contribution is 2.33. The summed E-state index contributed by atoms with van der Waals surface area (Å²) in [5.41, 5.74) is 1.61. The van der Waals surface area contributed by atoms with Crippen molar-refractivity contribution in [1.29, 1.82) is 0 Å². The summed E-state index contributed by atoms with van der Waals surface area (Å²) in [7, 11) is 4.85. The number of nitrogens with zero attached hydrogens (tertiary/aromatic N) is 1. The molecule has 1 aromatic rings. The molecule has 0 saturated carbocycles. The second kappa shape index (κ2) is 12.4. The number of ether oxygens (including phenoxy) is 1. The van der Waals surface area contributed by atoms with Gasteiger partial charge in [0, 0.05) is 25.1 Å². The molecule has 0 saturated heterocycles. The molecule has 0 fully saturated rings. The third-order valence-electron chi connectivity index (χ3n) is 4.67. The molecule has 0 aromatic heterocycles. The van der Waals surface area contributed by atoms with Gasteiger partial charge in [-0.3, -0.25) is 9.59 Å². The van der Waals surface area contributed by atoms with Gasteiger partial charge < -0.3 is 25.4 Å². The number of nitrogens with one attached hydrogen (secondary N) is 2. The number of methoxy groups -OCH3 is 1. The van der Waals surface area contributed by atoms with Crippen molar-refractivity contribution >= 4 is 33.3 Å². The fourth-order valence-corrected chi connectivity index (χ4v) is 3.35. The van der Waals surface area contributed by atoms with Crippen molar-refractivity contribution in [2.75, 3.05) is 31.9 Å². The number of phenolic OH excluding ortho intramolecular Hbond substituents is 1. The summed E-state index contributed by atoms with van der Waals surface area (Å²) in [6.07, 6.45) is 2.21. The zero-order valence-electron chi connectivity index (χ0n) is 19.4. The Morgan fingerprint density at radius 2 is 1.97 bits per heavy atom. The van der Waals surface area contributed by atoms with Gasteiger partial charge in [0.1, 0.15) is 11.5 Å². The van der Waals surface area contributed by atoms with Crippen molar-refractivity contribution in [2.45, 2.75) is 40.2 Å². The highest BCUT2D eigenvalue weighted by molar-refractivity contribution is 9.09. The van der Waals surface area contributed by atoms with Gasteiger partial charge >= 0.3 is 0 Å². The zero-order valence-corrected chi connectivity index (χ0v) is 21.0. The Labute approximate surface area is 193 Å². The fraction of sp³-hybridized carbons (Fsp3) is 0.478. The lowest BCUT2D eigenvalue weighted by Gasteiger charge is -2.32. The molecule has 1 aliphatic rings. The van der Waals surface area contributed by atoms with Gasteiger partial charge in [0.05, 0.1) is 30.8 Å².